The molecule has 2 aromatic rings. The molecule has 116 valence electrons. The van der Waals surface area contributed by atoms with Crippen molar-refractivity contribution in [2.45, 2.75) is 26.2 Å². The zero-order valence-electron chi connectivity index (χ0n) is 12.8. The van der Waals surface area contributed by atoms with Crippen molar-refractivity contribution in [2.24, 2.45) is 5.41 Å². The van der Waals surface area contributed by atoms with Crippen LogP contribution in [0.2, 0.25) is 0 Å². The smallest absolute Gasteiger partial charge is 0.287 e. The number of rotatable bonds is 6. The molecule has 0 aliphatic heterocycles. The molecule has 1 amide bonds. The van der Waals surface area contributed by atoms with Crippen LogP contribution in [-0.2, 0) is 6.42 Å². The van der Waals surface area contributed by atoms with Crippen molar-refractivity contribution in [3.05, 3.63) is 47.7 Å². The summed E-state index contributed by atoms with van der Waals surface area (Å²) in [5.74, 6) is 0.774. The fraction of sp³-hybridized carbons (Fsp3) is 0.389. The van der Waals surface area contributed by atoms with E-state index in [4.69, 9.17) is 4.42 Å². The summed E-state index contributed by atoms with van der Waals surface area (Å²) < 4.78 is 5.65. The Morgan fingerprint density at radius 2 is 1.95 bits per heavy atom. The first-order valence-corrected chi connectivity index (χ1v) is 7.74. The van der Waals surface area contributed by atoms with Crippen LogP contribution < -0.4 is 5.32 Å². The molecular weight excluding hydrogens is 278 g/mol. The first-order valence-electron chi connectivity index (χ1n) is 7.74. The van der Waals surface area contributed by atoms with Gasteiger partial charge in [0.1, 0.15) is 5.76 Å². The van der Waals surface area contributed by atoms with Gasteiger partial charge in [-0.3, -0.25) is 4.79 Å². The molecule has 1 heterocycles. The van der Waals surface area contributed by atoms with E-state index in [0.29, 0.717) is 18.1 Å². The molecule has 4 heteroatoms. The lowest BCUT2D eigenvalue weighted by molar-refractivity contribution is 0.0908. The van der Waals surface area contributed by atoms with Crippen LogP contribution in [0.1, 0.15) is 35.9 Å². The van der Waals surface area contributed by atoms with Crippen LogP contribution in [0.15, 0.2) is 40.8 Å². The highest BCUT2D eigenvalue weighted by Crippen LogP contribution is 2.44. The topological polar surface area (TPSA) is 62.5 Å². The molecule has 3 rings (SSSR count). The molecule has 1 fully saturated rings. The van der Waals surface area contributed by atoms with E-state index in [-0.39, 0.29) is 17.9 Å². The molecule has 0 spiro atoms. The Morgan fingerprint density at radius 3 is 2.55 bits per heavy atom. The number of carbonyl (C=O) groups is 1. The van der Waals surface area contributed by atoms with Crippen LogP contribution in [0.25, 0.3) is 11.3 Å². The second-order valence-electron chi connectivity index (χ2n) is 6.06. The van der Waals surface area contributed by atoms with Crippen LogP contribution in [0.3, 0.4) is 0 Å². The largest absolute Gasteiger partial charge is 0.451 e. The van der Waals surface area contributed by atoms with E-state index in [1.807, 2.05) is 18.2 Å². The maximum Gasteiger partial charge on any atom is 0.287 e. The molecule has 0 bridgehead atoms. The third-order valence-corrected chi connectivity index (χ3v) is 4.39. The average Bonchev–Trinajstić information content (AvgIpc) is 3.18. The molecule has 0 atom stereocenters. The number of aryl methyl sites for hydroxylation is 1. The molecular formula is C18H21NO3. The number of aliphatic hydroxyl groups is 1. The Morgan fingerprint density at radius 1 is 1.23 bits per heavy atom. The normalized spacial score (nSPS) is 15.5. The zero-order chi connectivity index (χ0) is 15.6. The molecule has 0 radical (unpaired) electrons. The first kappa shape index (κ1) is 14.9. The van der Waals surface area contributed by atoms with Crippen molar-refractivity contribution in [1.82, 2.24) is 5.32 Å². The van der Waals surface area contributed by atoms with E-state index in [1.54, 1.807) is 6.07 Å². The molecule has 1 aliphatic carbocycles. The van der Waals surface area contributed by atoms with Crippen LogP contribution >= 0.6 is 0 Å². The number of hydrogen-bond donors (Lipinski definition) is 2. The number of hydrogen-bond acceptors (Lipinski definition) is 3. The Labute approximate surface area is 130 Å². The van der Waals surface area contributed by atoms with Gasteiger partial charge >= 0.3 is 0 Å². The predicted molar refractivity (Wildman–Crippen MR) is 84.6 cm³/mol. The predicted octanol–water partition coefficient (Wildman–Crippen LogP) is 3.01. The lowest BCUT2D eigenvalue weighted by Gasteiger charge is -2.11. The average molecular weight is 299 g/mol. The number of carbonyl (C=O) groups excluding carboxylic acids is 1. The van der Waals surface area contributed by atoms with Gasteiger partial charge in [-0.1, -0.05) is 31.2 Å². The maximum atomic E-state index is 12.1. The summed E-state index contributed by atoms with van der Waals surface area (Å²) in [6, 6.07) is 11.6. The van der Waals surface area contributed by atoms with Crippen molar-refractivity contribution in [3.8, 4) is 11.3 Å². The van der Waals surface area contributed by atoms with E-state index in [2.05, 4.69) is 24.4 Å². The molecule has 4 nitrogen and oxygen atoms in total. The summed E-state index contributed by atoms with van der Waals surface area (Å²) in [6.07, 6.45) is 2.94. The van der Waals surface area contributed by atoms with Crippen molar-refractivity contribution in [1.29, 1.82) is 0 Å². The van der Waals surface area contributed by atoms with Crippen molar-refractivity contribution in [3.63, 3.8) is 0 Å². The molecule has 2 N–H and O–H groups in total. The summed E-state index contributed by atoms with van der Waals surface area (Å²) in [5, 5.41) is 12.1. The molecule has 0 unspecified atom stereocenters. The highest BCUT2D eigenvalue weighted by molar-refractivity contribution is 5.92. The fourth-order valence-corrected chi connectivity index (χ4v) is 2.44. The molecule has 0 saturated heterocycles. The van der Waals surface area contributed by atoms with E-state index in [1.165, 1.54) is 5.56 Å². The second-order valence-corrected chi connectivity index (χ2v) is 6.06. The Hall–Kier alpha value is -2.07. The monoisotopic (exact) mass is 299 g/mol. The van der Waals surface area contributed by atoms with E-state index >= 15 is 0 Å². The number of amides is 1. The van der Waals surface area contributed by atoms with Crippen molar-refractivity contribution < 1.29 is 14.3 Å². The first-order chi connectivity index (χ1) is 10.7. The van der Waals surface area contributed by atoms with Crippen molar-refractivity contribution >= 4 is 5.91 Å². The third-order valence-electron chi connectivity index (χ3n) is 4.39. The molecule has 1 aromatic carbocycles. The minimum Gasteiger partial charge on any atom is -0.451 e. The van der Waals surface area contributed by atoms with Crippen LogP contribution in [0, 0.1) is 5.41 Å². The van der Waals surface area contributed by atoms with Crippen molar-refractivity contribution in [2.75, 3.05) is 13.2 Å². The van der Waals surface area contributed by atoms with Gasteiger partial charge in [0.2, 0.25) is 0 Å². The fourth-order valence-electron chi connectivity index (χ4n) is 2.44. The highest BCUT2D eigenvalue weighted by Gasteiger charge is 2.42. The highest BCUT2D eigenvalue weighted by atomic mass is 16.3. The molecule has 22 heavy (non-hydrogen) atoms. The lowest BCUT2D eigenvalue weighted by Crippen LogP contribution is -2.31. The SMILES string of the molecule is CCc1ccc(-c2ccc(C(=O)NCC3(CO)CC3)o2)cc1. The second kappa shape index (κ2) is 5.97. The molecule has 1 aromatic heterocycles. The van der Waals surface area contributed by atoms with Gasteiger partial charge in [-0.2, -0.15) is 0 Å². The minimum atomic E-state index is -0.226. The van der Waals surface area contributed by atoms with Gasteiger partial charge in [-0.05, 0) is 37.0 Å². The van der Waals surface area contributed by atoms with Gasteiger partial charge in [0.05, 0.1) is 6.61 Å². The number of aliphatic hydroxyl groups excluding tert-OH is 1. The Kier molecular flexibility index (Phi) is 4.03. The van der Waals surface area contributed by atoms with E-state index in [9.17, 15) is 9.90 Å². The quantitative estimate of drug-likeness (QED) is 0.862. The van der Waals surface area contributed by atoms with Gasteiger partial charge in [0, 0.05) is 17.5 Å². The van der Waals surface area contributed by atoms with Gasteiger partial charge in [0.25, 0.3) is 5.91 Å². The van der Waals surface area contributed by atoms with Crippen LogP contribution in [0.4, 0.5) is 0 Å². The summed E-state index contributed by atoms with van der Waals surface area (Å²) in [4.78, 5) is 12.1. The summed E-state index contributed by atoms with van der Waals surface area (Å²) in [7, 11) is 0. The van der Waals surface area contributed by atoms with Crippen LogP contribution in [-0.4, -0.2) is 24.2 Å². The third kappa shape index (κ3) is 3.07. The summed E-state index contributed by atoms with van der Waals surface area (Å²) in [5.41, 5.74) is 2.14. The van der Waals surface area contributed by atoms with Gasteiger partial charge in [-0.25, -0.2) is 0 Å². The molecule has 1 aliphatic rings. The summed E-state index contributed by atoms with van der Waals surface area (Å²) >= 11 is 0. The number of benzene rings is 1. The standard InChI is InChI=1S/C18H21NO3/c1-2-13-3-5-14(6-4-13)15-7-8-16(22-15)17(21)19-11-18(12-20)9-10-18/h3-8,20H,2,9-12H2,1H3,(H,19,21). The van der Waals surface area contributed by atoms with Gasteiger partial charge < -0.3 is 14.8 Å². The van der Waals surface area contributed by atoms with Gasteiger partial charge in [0.15, 0.2) is 5.76 Å². The number of nitrogens with one attached hydrogen (secondary N) is 1. The lowest BCUT2D eigenvalue weighted by atomic mass is 10.1. The maximum absolute atomic E-state index is 12.1. The van der Waals surface area contributed by atoms with Gasteiger partial charge in [-0.15, -0.1) is 0 Å². The van der Waals surface area contributed by atoms with E-state index < -0.39 is 0 Å². The molecule has 1 saturated carbocycles. The Balaban J connectivity index is 1.66. The van der Waals surface area contributed by atoms with Crippen LogP contribution in [0.5, 0.6) is 0 Å². The van der Waals surface area contributed by atoms with E-state index in [0.717, 1.165) is 24.8 Å². The summed E-state index contributed by atoms with van der Waals surface area (Å²) in [6.45, 7) is 2.74. The minimum absolute atomic E-state index is 0.0962. The Bertz CT molecular complexity index is 653. The number of furan rings is 1. The zero-order valence-corrected chi connectivity index (χ0v) is 12.8.